The van der Waals surface area contributed by atoms with Crippen molar-refractivity contribution >= 4 is 125 Å². The molecule has 26 nitrogen and oxygen atoms in total. The molecule has 11 N–H and O–H groups in total. The molecular formula is C59H60N10O16S4. The van der Waals surface area contributed by atoms with Gasteiger partial charge in [0.15, 0.2) is 0 Å². The molecule has 30 heteroatoms. The van der Waals surface area contributed by atoms with Gasteiger partial charge in [-0.05, 0) is 128 Å². The van der Waals surface area contributed by atoms with E-state index >= 15 is 0 Å². The highest BCUT2D eigenvalue weighted by Gasteiger charge is 2.34. The molecule has 0 heterocycles. The van der Waals surface area contributed by atoms with Crippen molar-refractivity contribution in [3.05, 3.63) is 170 Å². The maximum absolute atomic E-state index is 14.4. The van der Waals surface area contributed by atoms with E-state index in [4.69, 9.17) is 32.4 Å². The molecule has 0 fully saturated rings. The zero-order chi connectivity index (χ0) is 64.6. The van der Waals surface area contributed by atoms with Crippen molar-refractivity contribution < 1.29 is 72.2 Å². The van der Waals surface area contributed by atoms with E-state index in [0.29, 0.717) is 11.5 Å². The topological polar surface area (TPSA) is 402 Å². The molecule has 0 radical (unpaired) electrons. The number of carbonyl (C=O) groups excluding carboxylic acids is 5. The Bertz CT molecular complexity index is 4470. The lowest BCUT2D eigenvalue weighted by molar-refractivity contribution is -0.118. The number of hydrogen-bond acceptors (Lipinski definition) is 17. The Morgan fingerprint density at radius 1 is 0.416 bits per heavy atom. The molecule has 0 bridgehead atoms. The van der Waals surface area contributed by atoms with Gasteiger partial charge in [-0.25, -0.2) is 33.7 Å². The van der Waals surface area contributed by atoms with E-state index in [1.54, 1.807) is 24.3 Å². The lowest BCUT2D eigenvalue weighted by Crippen LogP contribution is -2.41. The fourth-order valence-electron chi connectivity index (χ4n) is 9.51. The average Bonchev–Trinajstić information content (AvgIpc) is 0.803. The summed E-state index contributed by atoms with van der Waals surface area (Å²) >= 11 is 0. The molecule has 89 heavy (non-hydrogen) atoms. The Balaban J connectivity index is 0.923. The van der Waals surface area contributed by atoms with E-state index in [1.165, 1.54) is 160 Å². The Morgan fingerprint density at radius 2 is 0.674 bits per heavy atom. The van der Waals surface area contributed by atoms with Gasteiger partial charge in [-0.1, -0.05) is 48.5 Å². The molecular weight excluding hydrogens is 1230 g/mol. The van der Waals surface area contributed by atoms with Crippen LogP contribution in [0.15, 0.2) is 189 Å². The van der Waals surface area contributed by atoms with Crippen molar-refractivity contribution in [1.82, 2.24) is 0 Å². The molecule has 0 aliphatic heterocycles. The molecule has 0 saturated heterocycles. The van der Waals surface area contributed by atoms with Gasteiger partial charge < -0.3 is 48.1 Å². The minimum Gasteiger partial charge on any atom is -0.497 e. The van der Waals surface area contributed by atoms with Gasteiger partial charge in [-0.2, -0.15) is 0 Å². The van der Waals surface area contributed by atoms with Crippen LogP contribution in [0.4, 0.5) is 34.1 Å². The van der Waals surface area contributed by atoms with Crippen molar-refractivity contribution in [3.63, 3.8) is 0 Å². The highest BCUT2D eigenvalue weighted by Crippen LogP contribution is 2.41. The molecule has 466 valence electrons. The van der Waals surface area contributed by atoms with Crippen molar-refractivity contribution in [2.45, 2.75) is 45.1 Å². The summed E-state index contributed by atoms with van der Waals surface area (Å²) in [6.45, 7) is -3.10. The number of fused-ring (bicyclic) bond motifs is 2. The fourth-order valence-corrected chi connectivity index (χ4v) is 15.4. The molecule has 1 atom stereocenters. The third-order valence-electron chi connectivity index (χ3n) is 13.6. The quantitative estimate of drug-likeness (QED) is 0.0337. The van der Waals surface area contributed by atoms with E-state index in [2.05, 4.69) is 10.6 Å². The molecule has 0 aliphatic carbocycles. The number of nitrogens with two attached hydrogens (primary N) is 4. The number of sulfonamides is 4. The Labute approximate surface area is 512 Å². The highest BCUT2D eigenvalue weighted by molar-refractivity contribution is 7.93. The summed E-state index contributed by atoms with van der Waals surface area (Å²) in [5.41, 5.74) is 22.7. The van der Waals surface area contributed by atoms with Crippen molar-refractivity contribution in [2.24, 2.45) is 22.9 Å². The van der Waals surface area contributed by atoms with Crippen molar-refractivity contribution in [2.75, 3.05) is 68.3 Å². The molecule has 0 saturated carbocycles. The van der Waals surface area contributed by atoms with Gasteiger partial charge in [0.25, 0.3) is 40.1 Å². The minimum atomic E-state index is -4.64. The molecule has 8 aromatic carbocycles. The van der Waals surface area contributed by atoms with Gasteiger partial charge in [0.1, 0.15) is 37.4 Å². The third kappa shape index (κ3) is 14.6. The summed E-state index contributed by atoms with van der Waals surface area (Å²) in [6, 6.07) is 38.3. The van der Waals surface area contributed by atoms with Crippen LogP contribution in [0.25, 0.3) is 21.5 Å². The predicted octanol–water partition coefficient (Wildman–Crippen LogP) is 4.27. The summed E-state index contributed by atoms with van der Waals surface area (Å²) in [6.07, 6.45) is -1.95. The minimum absolute atomic E-state index is 0.0221. The SMILES string of the molecule is COc1ccc(S(=O)(=O)N(CC(N)=O)c2ccc(N(CC(N)=O)S(=O)(=O)c3ccc(NC(=O)CCCC(=O)Nc4ccc(S(=O)(=O)N(CC(N)=O)c5ccc(N(CC(N)O)S(=O)(=O)c6ccc(OC)cc6)c6ccccc56)cc4)cc3)c3ccccc23)cc1. The molecule has 0 aliphatic rings. The number of benzene rings is 8. The van der Waals surface area contributed by atoms with Crippen LogP contribution < -0.4 is 60.3 Å². The number of methoxy groups -OCH3 is 2. The Kier molecular flexibility index (Phi) is 19.8. The van der Waals surface area contributed by atoms with Crippen LogP contribution in [0.5, 0.6) is 11.5 Å². The zero-order valence-corrected chi connectivity index (χ0v) is 50.8. The second-order valence-electron chi connectivity index (χ2n) is 19.7. The normalized spacial score (nSPS) is 12.1. The van der Waals surface area contributed by atoms with Crippen LogP contribution in [0, 0.1) is 0 Å². The summed E-state index contributed by atoms with van der Waals surface area (Å²) in [7, 11) is -15.3. The first kappa shape index (κ1) is 65.1. The zero-order valence-electron chi connectivity index (χ0n) is 47.5. The number of ether oxygens (including phenoxy) is 2. The molecule has 1 unspecified atom stereocenters. The van der Waals surface area contributed by atoms with Crippen molar-refractivity contribution in [1.29, 1.82) is 0 Å². The molecule has 5 amide bonds. The van der Waals surface area contributed by atoms with Gasteiger partial charge >= 0.3 is 0 Å². The van der Waals surface area contributed by atoms with Crippen LogP contribution >= 0.6 is 0 Å². The second-order valence-corrected chi connectivity index (χ2v) is 27.1. The fraction of sp³-hybridized carbons (Fsp3) is 0.169. The lowest BCUT2D eigenvalue weighted by Gasteiger charge is -2.29. The molecule has 8 aromatic rings. The number of carbonyl (C=O) groups is 5. The maximum Gasteiger partial charge on any atom is 0.264 e. The monoisotopic (exact) mass is 1290 g/mol. The number of primary amides is 3. The van der Waals surface area contributed by atoms with E-state index < -0.39 is 102 Å². The van der Waals surface area contributed by atoms with Gasteiger partial charge in [-0.3, -0.25) is 41.2 Å². The van der Waals surface area contributed by atoms with Crippen LogP contribution in [-0.2, 0) is 64.1 Å². The number of anilines is 6. The summed E-state index contributed by atoms with van der Waals surface area (Å²) in [5.74, 6) is -3.39. The first-order valence-corrected chi connectivity index (χ1v) is 32.4. The number of hydrogen-bond donors (Lipinski definition) is 7. The largest absolute Gasteiger partial charge is 0.497 e. The number of amides is 5. The third-order valence-corrected chi connectivity index (χ3v) is 20.8. The number of rotatable bonds is 28. The van der Waals surface area contributed by atoms with Crippen LogP contribution in [0.2, 0.25) is 0 Å². The number of aliphatic hydroxyl groups is 1. The number of aliphatic hydroxyl groups excluding tert-OH is 1. The Morgan fingerprint density at radius 3 is 0.933 bits per heavy atom. The van der Waals surface area contributed by atoms with Gasteiger partial charge in [-0.15, -0.1) is 0 Å². The van der Waals surface area contributed by atoms with Gasteiger partial charge in [0, 0.05) is 45.8 Å². The average molecular weight is 1290 g/mol. The smallest absolute Gasteiger partial charge is 0.264 e. The summed E-state index contributed by atoms with van der Waals surface area (Å²) in [5, 5.41) is 16.2. The maximum atomic E-state index is 14.4. The number of nitrogens with one attached hydrogen (secondary N) is 2. The van der Waals surface area contributed by atoms with Crippen molar-refractivity contribution in [3.8, 4) is 11.5 Å². The summed E-state index contributed by atoms with van der Waals surface area (Å²) < 4.78 is 128. The second kappa shape index (κ2) is 27.0. The van der Waals surface area contributed by atoms with Crippen LogP contribution in [-0.4, -0.2) is 115 Å². The molecule has 0 aromatic heterocycles. The van der Waals surface area contributed by atoms with Crippen LogP contribution in [0.1, 0.15) is 19.3 Å². The standard InChI is InChI=1S/C59H60N10O16S4/c1-84-40-18-26-44(27-19-40)88(80,81)68(36-56(62)72)52-32-30-50(46-8-3-5-10-48(46)52)66(34-54(60)70)86(76,77)42-22-14-38(15-23-42)64-58(74)12-7-13-59(75)65-39-16-24-43(25-17-39)87(78,79)67(35-55(61)71)51-31-33-53(49-11-6-4-9-47(49)51)69(37-57(63)73)89(82,83)45-28-20-41(85-2)21-29-45/h3-6,8-11,14-33,56,72H,7,12-13,34-37,62H2,1-2H3,(H2,60,70)(H2,61,71)(H2,63,73)(H,64,74)(H,65,75). The predicted molar refractivity (Wildman–Crippen MR) is 334 cm³/mol. The van der Waals surface area contributed by atoms with E-state index in [1.807, 2.05) is 0 Å². The van der Waals surface area contributed by atoms with E-state index in [9.17, 15) is 62.8 Å². The first-order valence-electron chi connectivity index (χ1n) is 26.7. The lowest BCUT2D eigenvalue weighted by atomic mass is 10.1. The summed E-state index contributed by atoms with van der Waals surface area (Å²) in [4.78, 5) is 62.5. The first-order chi connectivity index (χ1) is 42.2. The van der Waals surface area contributed by atoms with E-state index in [0.717, 1.165) is 17.2 Å². The van der Waals surface area contributed by atoms with Gasteiger partial charge in [0.05, 0.1) is 63.1 Å². The molecule has 8 rings (SSSR count). The number of nitrogens with zero attached hydrogens (tertiary/aromatic N) is 4. The Hall–Kier alpha value is -9.85. The van der Waals surface area contributed by atoms with E-state index in [-0.39, 0.29) is 94.5 Å². The van der Waals surface area contributed by atoms with Gasteiger partial charge in [0.2, 0.25) is 29.5 Å². The van der Waals surface area contributed by atoms with Crippen LogP contribution in [0.3, 0.4) is 0 Å². The highest BCUT2D eigenvalue weighted by atomic mass is 32.2. The molecule has 0 spiro atoms.